The van der Waals surface area contributed by atoms with Crippen LogP contribution in [-0.4, -0.2) is 58.7 Å². The van der Waals surface area contributed by atoms with Crippen LogP contribution >= 0.6 is 0 Å². The highest BCUT2D eigenvalue weighted by atomic mass is 32.2. The molecule has 1 fully saturated rings. The molecular formula is C23H24O8S. The monoisotopic (exact) mass is 460 g/mol. The summed E-state index contributed by atoms with van der Waals surface area (Å²) in [5.74, 6) is -6.31. The lowest BCUT2D eigenvalue weighted by molar-refractivity contribution is -0.174. The molecule has 0 bridgehead atoms. The summed E-state index contributed by atoms with van der Waals surface area (Å²) in [6.45, 7) is 0. The zero-order valence-electron chi connectivity index (χ0n) is 17.9. The number of ether oxygens (including phenoxy) is 3. The Labute approximate surface area is 186 Å². The molecule has 0 spiro atoms. The molecule has 1 heterocycles. The smallest absolute Gasteiger partial charge is 0.324 e. The molecule has 8 nitrogen and oxygen atoms in total. The van der Waals surface area contributed by atoms with E-state index in [1.165, 1.54) is 0 Å². The van der Waals surface area contributed by atoms with Crippen molar-refractivity contribution in [3.8, 4) is 0 Å². The summed E-state index contributed by atoms with van der Waals surface area (Å²) >= 11 is 0. The van der Waals surface area contributed by atoms with E-state index in [0.717, 1.165) is 21.3 Å². The molecule has 1 saturated heterocycles. The summed E-state index contributed by atoms with van der Waals surface area (Å²) in [6, 6.07) is 16.4. The topological polar surface area (TPSA) is 113 Å². The number of hydrogen-bond donors (Lipinski definition) is 0. The molecule has 1 aliphatic heterocycles. The fourth-order valence-corrected chi connectivity index (χ4v) is 6.93. The first-order chi connectivity index (χ1) is 15.2. The highest BCUT2D eigenvalue weighted by Crippen LogP contribution is 2.56. The minimum Gasteiger partial charge on any atom is -0.468 e. The van der Waals surface area contributed by atoms with Crippen molar-refractivity contribution in [2.24, 2.45) is 5.41 Å². The summed E-state index contributed by atoms with van der Waals surface area (Å²) in [7, 11) is -0.908. The molecule has 0 aromatic heterocycles. The largest absolute Gasteiger partial charge is 0.468 e. The standard InChI is InChI=1S/C23H24O8S/c1-29-20(24)19-18(16-12-8-5-9-13-16)23(21(25)30-2,22(26)31-3)17(14-32(19,27)28)15-10-6-4-7-11-15/h4-13,17-19H,14H2,1-3H3/t17-,18-,19+/m0/s1. The minimum absolute atomic E-state index is 0.294. The Morgan fingerprint density at radius 2 is 1.25 bits per heavy atom. The Hall–Kier alpha value is -3.20. The molecule has 32 heavy (non-hydrogen) atoms. The fourth-order valence-electron chi connectivity index (χ4n) is 4.63. The van der Waals surface area contributed by atoms with Crippen molar-refractivity contribution in [3.63, 3.8) is 0 Å². The van der Waals surface area contributed by atoms with Crippen LogP contribution in [0, 0.1) is 5.41 Å². The van der Waals surface area contributed by atoms with Crippen LogP contribution in [0.5, 0.6) is 0 Å². The Morgan fingerprint density at radius 1 is 0.781 bits per heavy atom. The Bertz CT molecular complexity index is 1080. The molecule has 2 aromatic carbocycles. The van der Waals surface area contributed by atoms with E-state index in [4.69, 9.17) is 14.2 Å². The maximum absolute atomic E-state index is 13.5. The molecule has 1 aliphatic rings. The first kappa shape index (κ1) is 23.5. The molecule has 0 radical (unpaired) electrons. The Balaban J connectivity index is 2.47. The molecular weight excluding hydrogens is 436 g/mol. The molecule has 3 atom stereocenters. The van der Waals surface area contributed by atoms with Gasteiger partial charge in [-0.2, -0.15) is 0 Å². The molecule has 3 rings (SSSR count). The molecule has 170 valence electrons. The van der Waals surface area contributed by atoms with Crippen molar-refractivity contribution >= 4 is 27.7 Å². The zero-order chi connectivity index (χ0) is 23.5. The van der Waals surface area contributed by atoms with Gasteiger partial charge in [0, 0.05) is 11.8 Å². The summed E-state index contributed by atoms with van der Waals surface area (Å²) in [6.07, 6.45) is 0. The molecule has 0 N–H and O–H groups in total. The van der Waals surface area contributed by atoms with Gasteiger partial charge in [0.05, 0.1) is 27.1 Å². The second-order valence-corrected chi connectivity index (χ2v) is 9.64. The highest BCUT2D eigenvalue weighted by molar-refractivity contribution is 7.92. The number of benzene rings is 2. The second-order valence-electron chi connectivity index (χ2n) is 7.48. The van der Waals surface area contributed by atoms with E-state index in [2.05, 4.69) is 0 Å². The van der Waals surface area contributed by atoms with Gasteiger partial charge in [-0.25, -0.2) is 8.42 Å². The molecule has 9 heteroatoms. The molecule has 0 saturated carbocycles. The third-order valence-electron chi connectivity index (χ3n) is 5.97. The van der Waals surface area contributed by atoms with Gasteiger partial charge in [-0.15, -0.1) is 0 Å². The van der Waals surface area contributed by atoms with Gasteiger partial charge in [0.1, 0.15) is 0 Å². The van der Waals surface area contributed by atoms with Gasteiger partial charge in [0.2, 0.25) is 0 Å². The average Bonchev–Trinajstić information content (AvgIpc) is 2.82. The van der Waals surface area contributed by atoms with Crippen molar-refractivity contribution in [1.29, 1.82) is 0 Å². The van der Waals surface area contributed by atoms with Gasteiger partial charge in [0.15, 0.2) is 20.5 Å². The third-order valence-corrected chi connectivity index (χ3v) is 8.01. The Kier molecular flexibility index (Phi) is 6.68. The van der Waals surface area contributed by atoms with E-state index in [1.54, 1.807) is 60.7 Å². The van der Waals surface area contributed by atoms with Crippen LogP contribution in [0.4, 0.5) is 0 Å². The van der Waals surface area contributed by atoms with E-state index in [9.17, 15) is 22.8 Å². The van der Waals surface area contributed by atoms with Crippen molar-refractivity contribution in [2.45, 2.75) is 17.1 Å². The maximum atomic E-state index is 13.5. The van der Waals surface area contributed by atoms with Crippen LogP contribution in [-0.2, 0) is 38.4 Å². The number of carbonyl (C=O) groups excluding carboxylic acids is 3. The number of methoxy groups -OCH3 is 3. The van der Waals surface area contributed by atoms with Crippen molar-refractivity contribution < 1.29 is 37.0 Å². The lowest BCUT2D eigenvalue weighted by atomic mass is 9.61. The zero-order valence-corrected chi connectivity index (χ0v) is 18.7. The maximum Gasteiger partial charge on any atom is 0.324 e. The lowest BCUT2D eigenvalue weighted by Crippen LogP contribution is -2.62. The lowest BCUT2D eigenvalue weighted by Gasteiger charge is -2.47. The number of rotatable bonds is 5. The van der Waals surface area contributed by atoms with Crippen molar-refractivity contribution in [3.05, 3.63) is 71.8 Å². The summed E-state index contributed by atoms with van der Waals surface area (Å²) < 4.78 is 41.8. The van der Waals surface area contributed by atoms with Crippen LogP contribution in [0.2, 0.25) is 0 Å². The third kappa shape index (κ3) is 3.66. The van der Waals surface area contributed by atoms with Gasteiger partial charge in [-0.3, -0.25) is 14.4 Å². The van der Waals surface area contributed by atoms with Crippen LogP contribution in [0.15, 0.2) is 60.7 Å². The summed E-state index contributed by atoms with van der Waals surface area (Å²) in [4.78, 5) is 39.7. The summed E-state index contributed by atoms with van der Waals surface area (Å²) in [5, 5.41) is -1.81. The van der Waals surface area contributed by atoms with Crippen LogP contribution in [0.3, 0.4) is 0 Å². The molecule has 0 unspecified atom stereocenters. The first-order valence-electron chi connectivity index (χ1n) is 9.81. The van der Waals surface area contributed by atoms with Gasteiger partial charge >= 0.3 is 17.9 Å². The van der Waals surface area contributed by atoms with E-state index < -0.39 is 56.0 Å². The highest BCUT2D eigenvalue weighted by Gasteiger charge is 2.69. The SMILES string of the molecule is COC(=O)[C@H]1[C@H](c2ccccc2)C(C(=O)OC)(C(=O)OC)[C@H](c2ccccc2)CS1(=O)=O. The van der Waals surface area contributed by atoms with Gasteiger partial charge in [-0.1, -0.05) is 60.7 Å². The number of sulfone groups is 1. The van der Waals surface area contributed by atoms with E-state index in [0.29, 0.717) is 11.1 Å². The second kappa shape index (κ2) is 9.12. The van der Waals surface area contributed by atoms with Crippen molar-refractivity contribution in [2.75, 3.05) is 27.1 Å². The van der Waals surface area contributed by atoms with E-state index >= 15 is 0 Å². The van der Waals surface area contributed by atoms with Crippen LogP contribution < -0.4 is 0 Å². The van der Waals surface area contributed by atoms with Crippen LogP contribution in [0.25, 0.3) is 0 Å². The molecule has 2 aromatic rings. The Morgan fingerprint density at radius 3 is 1.69 bits per heavy atom. The fraction of sp³-hybridized carbons (Fsp3) is 0.348. The van der Waals surface area contributed by atoms with Crippen molar-refractivity contribution in [1.82, 2.24) is 0 Å². The minimum atomic E-state index is -4.17. The average molecular weight is 461 g/mol. The normalized spacial score (nSPS) is 23.5. The quantitative estimate of drug-likeness (QED) is 0.377. The predicted octanol–water partition coefficient (Wildman–Crippen LogP) is 1.86. The summed E-state index contributed by atoms with van der Waals surface area (Å²) in [5.41, 5.74) is -1.44. The number of esters is 3. The number of hydrogen-bond acceptors (Lipinski definition) is 8. The van der Waals surface area contributed by atoms with E-state index in [1.807, 2.05) is 0 Å². The predicted molar refractivity (Wildman–Crippen MR) is 114 cm³/mol. The van der Waals surface area contributed by atoms with Crippen LogP contribution in [0.1, 0.15) is 23.0 Å². The van der Waals surface area contributed by atoms with Gasteiger partial charge < -0.3 is 14.2 Å². The molecule has 0 aliphatic carbocycles. The first-order valence-corrected chi connectivity index (χ1v) is 11.5. The molecule has 0 amide bonds. The van der Waals surface area contributed by atoms with Gasteiger partial charge in [-0.05, 0) is 11.1 Å². The number of carbonyl (C=O) groups is 3. The van der Waals surface area contributed by atoms with E-state index in [-0.39, 0.29) is 0 Å². The van der Waals surface area contributed by atoms with Gasteiger partial charge in [0.25, 0.3) is 0 Å².